The van der Waals surface area contributed by atoms with Crippen LogP contribution in [0.4, 0.5) is 0 Å². The van der Waals surface area contributed by atoms with Crippen LogP contribution in [0.2, 0.25) is 0 Å². The number of amides is 1. The zero-order chi connectivity index (χ0) is 20.6. The molecule has 0 aliphatic carbocycles. The van der Waals surface area contributed by atoms with Crippen LogP contribution in [0.25, 0.3) is 0 Å². The van der Waals surface area contributed by atoms with Gasteiger partial charge in [-0.1, -0.05) is 12.1 Å². The molecule has 0 saturated carbocycles. The summed E-state index contributed by atoms with van der Waals surface area (Å²) >= 11 is 0. The summed E-state index contributed by atoms with van der Waals surface area (Å²) in [6, 6.07) is 7.60. The molecule has 0 heterocycles. The Balaban J connectivity index is 2.35. The van der Waals surface area contributed by atoms with E-state index in [2.05, 4.69) is 20.9 Å². The average Bonchev–Trinajstić information content (AvgIpc) is 2.69. The van der Waals surface area contributed by atoms with Gasteiger partial charge in [-0.25, -0.2) is 0 Å². The minimum Gasteiger partial charge on any atom is -0.382 e. The third-order valence-corrected chi connectivity index (χ3v) is 3.91. The fourth-order valence-corrected chi connectivity index (χ4v) is 2.35. The molecule has 1 rings (SSSR count). The molecule has 0 aliphatic rings. The molecule has 28 heavy (non-hydrogen) atoms. The normalized spacial score (nSPS) is 11.5. The fourth-order valence-electron chi connectivity index (χ4n) is 2.35. The Morgan fingerprint density at radius 2 is 1.93 bits per heavy atom. The number of ether oxygens (including phenoxy) is 2. The molecule has 1 aromatic carbocycles. The van der Waals surface area contributed by atoms with Crippen LogP contribution < -0.4 is 16.0 Å². The summed E-state index contributed by atoms with van der Waals surface area (Å²) in [6.45, 7) is 4.69. The first-order valence-electron chi connectivity index (χ1n) is 9.60. The van der Waals surface area contributed by atoms with Gasteiger partial charge in [0.1, 0.15) is 0 Å². The number of carbonyl (C=O) groups excluding carboxylic acids is 1. The second-order valence-electron chi connectivity index (χ2n) is 6.57. The van der Waals surface area contributed by atoms with E-state index in [1.807, 2.05) is 43.3 Å². The standard InChI is InChI=1S/C20H35N5O3/c1-21-20(23-9-6-12-28-14-13-27-4)24-16-17-7-5-8-18(15-17)19(26)22-10-11-25(2)3/h5,7-8,15H,6,9-14,16H2,1-4H3,(H,22,26)(H2,21,23,24). The first-order valence-corrected chi connectivity index (χ1v) is 9.60. The number of aliphatic imine (C=N–C) groups is 1. The Morgan fingerprint density at radius 1 is 1.11 bits per heavy atom. The zero-order valence-electron chi connectivity index (χ0n) is 17.6. The number of nitrogens with one attached hydrogen (secondary N) is 3. The average molecular weight is 394 g/mol. The van der Waals surface area contributed by atoms with Crippen molar-refractivity contribution in [2.45, 2.75) is 13.0 Å². The molecule has 0 aromatic heterocycles. The second kappa shape index (κ2) is 14.8. The molecule has 0 aliphatic heterocycles. The summed E-state index contributed by atoms with van der Waals surface area (Å²) in [5.41, 5.74) is 1.68. The van der Waals surface area contributed by atoms with E-state index in [1.165, 1.54) is 0 Å². The Labute approximate surface area is 168 Å². The van der Waals surface area contributed by atoms with Gasteiger partial charge in [0, 0.05) is 52.5 Å². The Kier molecular flexibility index (Phi) is 12.7. The zero-order valence-corrected chi connectivity index (χ0v) is 17.6. The van der Waals surface area contributed by atoms with Gasteiger partial charge in [-0.05, 0) is 38.2 Å². The van der Waals surface area contributed by atoms with E-state index in [9.17, 15) is 4.79 Å². The van der Waals surface area contributed by atoms with Crippen molar-refractivity contribution in [3.05, 3.63) is 35.4 Å². The van der Waals surface area contributed by atoms with Crippen molar-refractivity contribution in [3.63, 3.8) is 0 Å². The summed E-state index contributed by atoms with van der Waals surface area (Å²) in [5.74, 6) is 0.664. The van der Waals surface area contributed by atoms with Crippen LogP contribution in [-0.2, 0) is 16.0 Å². The predicted molar refractivity (Wildman–Crippen MR) is 113 cm³/mol. The molecule has 8 heteroatoms. The molecule has 1 amide bonds. The third kappa shape index (κ3) is 10.9. The highest BCUT2D eigenvalue weighted by Crippen LogP contribution is 2.05. The van der Waals surface area contributed by atoms with Crippen molar-refractivity contribution in [1.29, 1.82) is 0 Å². The number of methoxy groups -OCH3 is 1. The lowest BCUT2D eigenvalue weighted by molar-refractivity contribution is 0.0698. The van der Waals surface area contributed by atoms with E-state index in [-0.39, 0.29) is 5.91 Å². The minimum atomic E-state index is -0.0559. The number of carbonyl (C=O) groups is 1. The van der Waals surface area contributed by atoms with Gasteiger partial charge in [-0.2, -0.15) is 0 Å². The molecule has 0 spiro atoms. The molecule has 158 valence electrons. The summed E-state index contributed by atoms with van der Waals surface area (Å²) in [5, 5.41) is 9.44. The smallest absolute Gasteiger partial charge is 0.251 e. The van der Waals surface area contributed by atoms with E-state index < -0.39 is 0 Å². The molecule has 0 atom stereocenters. The van der Waals surface area contributed by atoms with Crippen LogP contribution in [0.3, 0.4) is 0 Å². The van der Waals surface area contributed by atoms with Crippen molar-refractivity contribution >= 4 is 11.9 Å². The van der Waals surface area contributed by atoms with Crippen molar-refractivity contribution in [3.8, 4) is 0 Å². The molecule has 0 unspecified atom stereocenters. The van der Waals surface area contributed by atoms with Gasteiger partial charge in [0.15, 0.2) is 5.96 Å². The number of hydrogen-bond donors (Lipinski definition) is 3. The number of hydrogen-bond acceptors (Lipinski definition) is 5. The van der Waals surface area contributed by atoms with Crippen LogP contribution in [0.1, 0.15) is 22.3 Å². The van der Waals surface area contributed by atoms with Crippen LogP contribution in [0.15, 0.2) is 29.3 Å². The number of rotatable bonds is 13. The van der Waals surface area contributed by atoms with Gasteiger partial charge in [0.05, 0.1) is 13.2 Å². The van der Waals surface area contributed by atoms with Crippen LogP contribution in [-0.4, -0.2) is 84.5 Å². The monoisotopic (exact) mass is 393 g/mol. The first-order chi connectivity index (χ1) is 13.6. The van der Waals surface area contributed by atoms with E-state index in [1.54, 1.807) is 14.2 Å². The lowest BCUT2D eigenvalue weighted by Gasteiger charge is -2.13. The van der Waals surface area contributed by atoms with Crippen LogP contribution in [0, 0.1) is 0 Å². The second-order valence-corrected chi connectivity index (χ2v) is 6.57. The predicted octanol–water partition coefficient (Wildman–Crippen LogP) is 0.696. The maximum Gasteiger partial charge on any atom is 0.251 e. The molecule has 0 saturated heterocycles. The Hall–Kier alpha value is -2.16. The molecule has 0 bridgehead atoms. The summed E-state index contributed by atoms with van der Waals surface area (Å²) in [6.07, 6.45) is 0.882. The highest BCUT2D eigenvalue weighted by Gasteiger charge is 2.06. The minimum absolute atomic E-state index is 0.0559. The molecule has 0 radical (unpaired) electrons. The van der Waals surface area contributed by atoms with E-state index in [0.717, 1.165) is 31.0 Å². The van der Waals surface area contributed by atoms with Gasteiger partial charge >= 0.3 is 0 Å². The van der Waals surface area contributed by atoms with Crippen molar-refractivity contribution < 1.29 is 14.3 Å². The lowest BCUT2D eigenvalue weighted by Crippen LogP contribution is -2.37. The summed E-state index contributed by atoms with van der Waals surface area (Å²) in [7, 11) is 7.36. The summed E-state index contributed by atoms with van der Waals surface area (Å²) < 4.78 is 10.4. The highest BCUT2D eigenvalue weighted by atomic mass is 16.5. The largest absolute Gasteiger partial charge is 0.382 e. The Morgan fingerprint density at radius 3 is 2.64 bits per heavy atom. The van der Waals surface area contributed by atoms with Gasteiger partial charge < -0.3 is 30.3 Å². The van der Waals surface area contributed by atoms with Crippen molar-refractivity contribution in [2.75, 3.05) is 67.7 Å². The highest BCUT2D eigenvalue weighted by molar-refractivity contribution is 5.94. The van der Waals surface area contributed by atoms with E-state index in [4.69, 9.17) is 9.47 Å². The maximum absolute atomic E-state index is 12.2. The molecular formula is C20H35N5O3. The number of nitrogens with zero attached hydrogens (tertiary/aromatic N) is 2. The van der Waals surface area contributed by atoms with Crippen LogP contribution >= 0.6 is 0 Å². The van der Waals surface area contributed by atoms with Gasteiger partial charge in [0.2, 0.25) is 0 Å². The molecule has 3 N–H and O–H groups in total. The van der Waals surface area contributed by atoms with E-state index in [0.29, 0.717) is 38.5 Å². The van der Waals surface area contributed by atoms with Gasteiger partial charge in [-0.3, -0.25) is 9.79 Å². The quantitative estimate of drug-likeness (QED) is 0.260. The van der Waals surface area contributed by atoms with Crippen molar-refractivity contribution in [1.82, 2.24) is 20.9 Å². The molecule has 1 aromatic rings. The maximum atomic E-state index is 12.2. The number of guanidine groups is 1. The number of likely N-dealkylation sites (N-methyl/N-ethyl adjacent to an activating group) is 1. The molecule has 0 fully saturated rings. The van der Waals surface area contributed by atoms with Crippen molar-refractivity contribution in [2.24, 2.45) is 4.99 Å². The van der Waals surface area contributed by atoms with Gasteiger partial charge in [-0.15, -0.1) is 0 Å². The lowest BCUT2D eigenvalue weighted by atomic mass is 10.1. The van der Waals surface area contributed by atoms with Crippen LogP contribution in [0.5, 0.6) is 0 Å². The van der Waals surface area contributed by atoms with E-state index >= 15 is 0 Å². The fraction of sp³-hybridized carbons (Fsp3) is 0.600. The summed E-state index contributed by atoms with van der Waals surface area (Å²) in [4.78, 5) is 18.5. The van der Waals surface area contributed by atoms with Gasteiger partial charge in [0.25, 0.3) is 5.91 Å². The number of benzene rings is 1. The topological polar surface area (TPSA) is 87.2 Å². The molecular weight excluding hydrogens is 358 g/mol. The SMILES string of the molecule is CN=C(NCCCOCCOC)NCc1cccc(C(=O)NCCN(C)C)c1. The Bertz CT molecular complexity index is 593. The third-order valence-electron chi connectivity index (χ3n) is 3.91. The first kappa shape index (κ1) is 23.9. The molecule has 8 nitrogen and oxygen atoms in total.